The summed E-state index contributed by atoms with van der Waals surface area (Å²) in [4.78, 5) is 163. The molecule has 106 heavy (non-hydrogen) atoms. The maximum atomic E-state index is 13.7. The lowest BCUT2D eigenvalue weighted by molar-refractivity contribution is -0.143. The predicted molar refractivity (Wildman–Crippen MR) is 396 cm³/mol. The van der Waals surface area contributed by atoms with Crippen molar-refractivity contribution >= 4 is 107 Å². The smallest absolute Gasteiger partial charge is 0.328 e. The Kier molecular flexibility index (Phi) is 43.9. The molecular weight excluding hydrogens is 1510 g/mol. The van der Waals surface area contributed by atoms with Crippen LogP contribution >= 0.6 is 30.2 Å². The van der Waals surface area contributed by atoms with Crippen LogP contribution in [0.3, 0.4) is 0 Å². The van der Waals surface area contributed by atoms with E-state index in [-0.39, 0.29) is 180 Å². The minimum Gasteiger partial charge on any atom is -0.481 e. The fourth-order valence-corrected chi connectivity index (χ4v) is 12.6. The standard InChI is InChI=1S/C73H102IN8O23P/c1-51(22-35-69(90)91)50-106(99,100)105-40-12-18-58(71(93)94)79-66(87)32-30-60(73(97)98)80-65(86)20-3-2-9-37-76-63(84)31-29-57(70(92)81-59(72(95)96)17-8-10-38-75-62(83)21-11-13-52-23-27-56(74)28-24-52)78-67(88)36-41-101-43-45-103-47-48-104-46-44-102-42-39-77-64(85)33-34-68(89)82-49-55-16-5-4-14-53(55)25-26-54-15-6-7-19-61(54)82/h4-7,14-16,19,23-24,27-28,51,57-60H,2-3,8-13,17-18,20-22,29-50H2,1H3,(H,75,83)(H,76,84)(H,77,85)(H,78,88)(H,79,87)(H,80,86)(H,81,92)(H,90,91)(H,93,94)(H,95,96)(H,97,98)(H,99,100)/t51?,57?,58-,59?,60-/m0/s1. The number of aryl methyl sites for hydroxylation is 1. The number of nitrogens with zero attached hydrogens (tertiary/aromatic N) is 1. The fraction of sp³-hybridized carbons (Fsp3) is 0.562. The summed E-state index contributed by atoms with van der Waals surface area (Å²) in [5, 5.41) is 56.3. The molecule has 0 bridgehead atoms. The number of unbranched alkanes of at least 4 members (excludes halogenated alkanes) is 3. The van der Waals surface area contributed by atoms with Gasteiger partial charge in [-0.05, 0) is 147 Å². The number of aliphatic carboxylic acids is 4. The van der Waals surface area contributed by atoms with Crippen LogP contribution in [0.2, 0.25) is 0 Å². The zero-order chi connectivity index (χ0) is 77.5. The molecule has 584 valence electrons. The molecule has 1 aliphatic rings. The van der Waals surface area contributed by atoms with Gasteiger partial charge in [-0.1, -0.05) is 67.6 Å². The Morgan fingerprint density at radius 1 is 0.472 bits per heavy atom. The van der Waals surface area contributed by atoms with Crippen LogP contribution in [0.4, 0.5) is 5.69 Å². The molecule has 33 heteroatoms. The molecule has 0 saturated heterocycles. The zero-order valence-electron chi connectivity index (χ0n) is 59.9. The molecule has 1 aliphatic heterocycles. The Balaban J connectivity index is 1.12. The number of fused-ring (bicyclic) bond motifs is 2. The molecule has 0 radical (unpaired) electrons. The van der Waals surface area contributed by atoms with Gasteiger partial charge in [-0.25, -0.2) is 14.4 Å². The average molecular weight is 1620 g/mol. The van der Waals surface area contributed by atoms with Crippen molar-refractivity contribution in [1.82, 2.24) is 37.2 Å². The quantitative estimate of drug-likeness (QED) is 0.0151. The number of carbonyl (C=O) groups is 12. The van der Waals surface area contributed by atoms with Crippen molar-refractivity contribution in [3.8, 4) is 11.8 Å². The number of ether oxygens (including phenoxy) is 4. The lowest BCUT2D eigenvalue weighted by atomic mass is 10.0. The van der Waals surface area contributed by atoms with E-state index >= 15 is 0 Å². The minimum absolute atomic E-state index is 0.00185. The number of amides is 8. The molecule has 4 unspecified atom stereocenters. The Morgan fingerprint density at radius 2 is 0.972 bits per heavy atom. The minimum atomic E-state index is -4.11. The van der Waals surface area contributed by atoms with Gasteiger partial charge in [0.25, 0.3) is 0 Å². The largest absolute Gasteiger partial charge is 0.481 e. The van der Waals surface area contributed by atoms with Gasteiger partial charge in [-0.3, -0.25) is 47.7 Å². The Hall–Kier alpha value is -8.42. The van der Waals surface area contributed by atoms with Gasteiger partial charge in [0, 0.05) is 85.7 Å². The fourth-order valence-electron chi connectivity index (χ4n) is 10.7. The van der Waals surface area contributed by atoms with Crippen molar-refractivity contribution in [3.05, 3.63) is 98.6 Å². The van der Waals surface area contributed by atoms with E-state index < -0.39 is 97.5 Å². The second-order valence-electron chi connectivity index (χ2n) is 25.3. The van der Waals surface area contributed by atoms with Gasteiger partial charge in [-0.15, -0.1) is 0 Å². The van der Waals surface area contributed by atoms with Crippen molar-refractivity contribution in [2.75, 3.05) is 90.2 Å². The molecular formula is C73H102IN8O23P. The van der Waals surface area contributed by atoms with Gasteiger partial charge >= 0.3 is 31.5 Å². The van der Waals surface area contributed by atoms with Gasteiger partial charge in [0.15, 0.2) is 0 Å². The van der Waals surface area contributed by atoms with Gasteiger partial charge < -0.3 is 90.9 Å². The second kappa shape index (κ2) is 51.7. The first kappa shape index (κ1) is 90.0. The molecule has 0 saturated carbocycles. The summed E-state index contributed by atoms with van der Waals surface area (Å²) in [6.07, 6.45) is 1.23. The van der Waals surface area contributed by atoms with E-state index in [2.05, 4.69) is 71.6 Å². The number of carbonyl (C=O) groups excluding carboxylic acids is 8. The third-order valence-electron chi connectivity index (χ3n) is 16.5. The molecule has 1 heterocycles. The van der Waals surface area contributed by atoms with E-state index in [1.54, 1.807) is 11.8 Å². The van der Waals surface area contributed by atoms with Crippen LogP contribution in [-0.2, 0) is 98.5 Å². The first-order chi connectivity index (χ1) is 50.8. The summed E-state index contributed by atoms with van der Waals surface area (Å²) in [6, 6.07) is 17.5. The Morgan fingerprint density at radius 3 is 1.63 bits per heavy atom. The average Bonchev–Trinajstić information content (AvgIpc) is 0.804. The number of nitrogens with one attached hydrogen (secondary N) is 7. The summed E-state index contributed by atoms with van der Waals surface area (Å²) in [6.45, 7) is 3.69. The number of benzene rings is 3. The van der Waals surface area contributed by atoms with E-state index in [0.717, 1.165) is 32.2 Å². The normalized spacial score (nSPS) is 13.5. The third kappa shape index (κ3) is 39.8. The topological polar surface area (TPSA) is 457 Å². The van der Waals surface area contributed by atoms with Gasteiger partial charge in [0.1, 0.15) is 24.2 Å². The molecule has 3 aromatic carbocycles. The molecule has 0 fully saturated rings. The number of hydrogen-bond donors (Lipinski definition) is 12. The zero-order valence-corrected chi connectivity index (χ0v) is 63.0. The van der Waals surface area contributed by atoms with E-state index in [1.807, 2.05) is 72.8 Å². The number of hydrogen-bond acceptors (Lipinski definition) is 18. The summed E-state index contributed by atoms with van der Waals surface area (Å²) in [7, 11) is -4.11. The highest BCUT2D eigenvalue weighted by Crippen LogP contribution is 2.44. The lowest BCUT2D eigenvalue weighted by Crippen LogP contribution is -2.52. The molecule has 4 rings (SSSR count). The monoisotopic (exact) mass is 1620 g/mol. The maximum Gasteiger partial charge on any atom is 0.328 e. The summed E-state index contributed by atoms with van der Waals surface area (Å²) >= 11 is 2.22. The van der Waals surface area contributed by atoms with Crippen molar-refractivity contribution < 1.29 is 111 Å². The summed E-state index contributed by atoms with van der Waals surface area (Å²) < 4.78 is 40.8. The molecule has 31 nitrogen and oxygen atoms in total. The number of carboxylic acids is 4. The van der Waals surface area contributed by atoms with Crippen LogP contribution in [0.1, 0.15) is 158 Å². The molecule has 0 aromatic heterocycles. The maximum absolute atomic E-state index is 13.7. The van der Waals surface area contributed by atoms with Crippen LogP contribution in [0, 0.1) is 21.3 Å². The summed E-state index contributed by atoms with van der Waals surface area (Å²) in [5.41, 5.74) is 4.31. The van der Waals surface area contributed by atoms with E-state index in [0.29, 0.717) is 57.3 Å². The third-order valence-corrected chi connectivity index (χ3v) is 18.9. The highest BCUT2D eigenvalue weighted by atomic mass is 127. The molecule has 0 spiro atoms. The van der Waals surface area contributed by atoms with Crippen molar-refractivity contribution in [2.24, 2.45) is 5.92 Å². The van der Waals surface area contributed by atoms with Crippen molar-refractivity contribution in [1.29, 1.82) is 0 Å². The first-order valence-corrected chi connectivity index (χ1v) is 38.5. The Labute approximate surface area is 630 Å². The van der Waals surface area contributed by atoms with Crippen LogP contribution in [0.5, 0.6) is 0 Å². The van der Waals surface area contributed by atoms with Crippen LogP contribution in [-0.4, -0.2) is 206 Å². The van der Waals surface area contributed by atoms with Crippen LogP contribution in [0.15, 0.2) is 72.8 Å². The molecule has 6 atom stereocenters. The van der Waals surface area contributed by atoms with Crippen molar-refractivity contribution in [3.63, 3.8) is 0 Å². The van der Waals surface area contributed by atoms with E-state index in [1.165, 1.54) is 0 Å². The second-order valence-corrected chi connectivity index (χ2v) is 28.4. The SMILES string of the molecule is CC(CCC(=O)O)CP(=O)(O)OCCC[C@H](NC(=O)CC[C@H](NC(=O)CCCCCNC(=O)CCC(NC(=O)CCOCCOCCOCCOCCNC(=O)CCC(=O)N1Cc2ccccc2C#Cc2ccccc21)C(=O)NC(CCCCNC(=O)CCCc1ccc(I)cc1)C(=O)O)C(=O)O)C(=O)O. The number of halogens is 1. The summed E-state index contributed by atoms with van der Waals surface area (Å²) in [5.74, 6) is -3.38. The highest BCUT2D eigenvalue weighted by Gasteiger charge is 2.30. The highest BCUT2D eigenvalue weighted by molar-refractivity contribution is 14.1. The van der Waals surface area contributed by atoms with E-state index in [4.69, 9.17) is 28.6 Å². The predicted octanol–water partition coefficient (Wildman–Crippen LogP) is 5.11. The molecule has 0 aliphatic carbocycles. The molecule has 3 aromatic rings. The lowest BCUT2D eigenvalue weighted by Gasteiger charge is -2.26. The number of anilines is 1. The number of carboxylic acid groups (broad SMARTS) is 4. The van der Waals surface area contributed by atoms with Crippen LogP contribution < -0.4 is 42.1 Å². The molecule has 12 N–H and O–H groups in total. The number of para-hydroxylation sites is 1. The first-order valence-electron chi connectivity index (χ1n) is 35.7. The van der Waals surface area contributed by atoms with E-state index in [9.17, 15) is 82.3 Å². The van der Waals surface area contributed by atoms with Crippen LogP contribution in [0.25, 0.3) is 0 Å². The Bertz CT molecular complexity index is 3450. The van der Waals surface area contributed by atoms with Gasteiger partial charge in [0.05, 0.1) is 77.9 Å². The van der Waals surface area contributed by atoms with Gasteiger partial charge in [0.2, 0.25) is 47.3 Å². The van der Waals surface area contributed by atoms with Gasteiger partial charge in [-0.2, -0.15) is 0 Å². The molecule has 8 amide bonds. The number of rotatable bonds is 57. The van der Waals surface area contributed by atoms with Crippen molar-refractivity contribution in [2.45, 2.75) is 172 Å².